The fourth-order valence-electron chi connectivity index (χ4n) is 4.32. The van der Waals surface area contributed by atoms with Crippen LogP contribution in [0.3, 0.4) is 0 Å². The lowest BCUT2D eigenvalue weighted by Crippen LogP contribution is -2.51. The van der Waals surface area contributed by atoms with Crippen LogP contribution in [0.2, 0.25) is 0 Å². The first-order chi connectivity index (χ1) is 16.0. The monoisotopic (exact) mass is 462 g/mol. The Morgan fingerprint density at radius 1 is 0.879 bits per heavy atom. The van der Waals surface area contributed by atoms with Crippen LogP contribution in [0.4, 0.5) is 5.69 Å². The first-order valence-electron chi connectivity index (χ1n) is 11.5. The van der Waals surface area contributed by atoms with E-state index in [9.17, 15) is 13.2 Å². The zero-order valence-electron chi connectivity index (χ0n) is 18.9. The third-order valence-corrected chi connectivity index (χ3v) is 7.97. The Balaban J connectivity index is 1.78. The molecule has 3 aromatic rings. The van der Waals surface area contributed by atoms with Crippen molar-refractivity contribution in [1.29, 1.82) is 0 Å². The minimum Gasteiger partial charge on any atom is -0.341 e. The number of rotatable bonds is 8. The van der Waals surface area contributed by atoms with Crippen molar-refractivity contribution >= 4 is 21.6 Å². The summed E-state index contributed by atoms with van der Waals surface area (Å²) < 4.78 is 29.3. The number of benzene rings is 3. The number of hydrogen-bond acceptors (Lipinski definition) is 3. The van der Waals surface area contributed by atoms with E-state index in [2.05, 4.69) is 0 Å². The SMILES string of the molecule is Cc1ccc(S(=O)(=O)N(c2ccccc2)C(CCc2ccccc2)C(=O)N2CCCC2)cc1. The second-order valence-corrected chi connectivity index (χ2v) is 10.3. The van der Waals surface area contributed by atoms with Crippen molar-refractivity contribution in [3.63, 3.8) is 0 Å². The molecule has 1 aliphatic rings. The van der Waals surface area contributed by atoms with Gasteiger partial charge in [-0.3, -0.25) is 9.10 Å². The molecule has 1 amide bonds. The Bertz CT molecular complexity index is 1160. The molecular weight excluding hydrogens is 432 g/mol. The van der Waals surface area contributed by atoms with Crippen molar-refractivity contribution in [2.75, 3.05) is 17.4 Å². The summed E-state index contributed by atoms with van der Waals surface area (Å²) in [6.07, 6.45) is 2.91. The maximum absolute atomic E-state index is 14.0. The molecule has 0 spiro atoms. The van der Waals surface area contributed by atoms with Crippen molar-refractivity contribution in [3.8, 4) is 0 Å². The molecule has 6 heteroatoms. The van der Waals surface area contributed by atoms with Crippen molar-refractivity contribution < 1.29 is 13.2 Å². The third kappa shape index (κ3) is 5.28. The van der Waals surface area contributed by atoms with Gasteiger partial charge in [0.25, 0.3) is 10.0 Å². The highest BCUT2D eigenvalue weighted by Gasteiger charge is 2.38. The highest BCUT2D eigenvalue weighted by Crippen LogP contribution is 2.30. The molecule has 0 saturated carbocycles. The molecule has 1 saturated heterocycles. The predicted octanol–water partition coefficient (Wildman–Crippen LogP) is 4.81. The predicted molar refractivity (Wildman–Crippen MR) is 132 cm³/mol. The number of carbonyl (C=O) groups excluding carboxylic acids is 1. The average molecular weight is 463 g/mol. The molecule has 172 valence electrons. The standard InChI is InChI=1S/C27H30N2O3S/c1-22-14-17-25(18-15-22)33(31,32)29(24-12-6-3-7-13-24)26(27(30)28-20-8-9-21-28)19-16-23-10-4-2-5-11-23/h2-7,10-15,17-18,26H,8-9,16,19-21H2,1H3. The van der Waals surface area contributed by atoms with Crippen molar-refractivity contribution in [2.24, 2.45) is 0 Å². The molecule has 1 atom stereocenters. The number of hydrogen-bond donors (Lipinski definition) is 0. The van der Waals surface area contributed by atoms with Crippen molar-refractivity contribution in [1.82, 2.24) is 4.90 Å². The first kappa shape index (κ1) is 23.1. The van der Waals surface area contributed by atoms with Crippen LogP contribution in [0.5, 0.6) is 0 Å². The van der Waals surface area contributed by atoms with E-state index >= 15 is 0 Å². The molecule has 1 heterocycles. The molecule has 3 aromatic carbocycles. The fraction of sp³-hybridized carbons (Fsp3) is 0.296. The maximum atomic E-state index is 14.0. The molecule has 0 N–H and O–H groups in total. The van der Waals surface area contributed by atoms with Gasteiger partial charge in [-0.15, -0.1) is 0 Å². The minimum atomic E-state index is -3.96. The normalized spacial score (nSPS) is 14.8. The number of sulfonamides is 1. The van der Waals surface area contributed by atoms with Gasteiger partial charge in [0.15, 0.2) is 0 Å². The Morgan fingerprint density at radius 2 is 1.45 bits per heavy atom. The number of likely N-dealkylation sites (tertiary alicyclic amines) is 1. The van der Waals surface area contributed by atoms with Gasteiger partial charge in [-0.1, -0.05) is 66.2 Å². The van der Waals surface area contributed by atoms with Crippen molar-refractivity contribution in [2.45, 2.75) is 43.5 Å². The van der Waals surface area contributed by atoms with E-state index in [0.717, 1.165) is 24.0 Å². The van der Waals surface area contributed by atoms with Gasteiger partial charge >= 0.3 is 0 Å². The molecule has 0 aliphatic carbocycles. The molecule has 0 aromatic heterocycles. The topological polar surface area (TPSA) is 57.7 Å². The Kier molecular flexibility index (Phi) is 7.14. The summed E-state index contributed by atoms with van der Waals surface area (Å²) >= 11 is 0. The van der Waals surface area contributed by atoms with Crippen LogP contribution in [0.15, 0.2) is 89.8 Å². The van der Waals surface area contributed by atoms with E-state index in [1.165, 1.54) is 4.31 Å². The summed E-state index contributed by atoms with van der Waals surface area (Å²) in [6.45, 7) is 3.27. The van der Waals surface area contributed by atoms with Crippen LogP contribution in [0, 0.1) is 6.92 Å². The number of carbonyl (C=O) groups is 1. The van der Waals surface area contributed by atoms with Crippen LogP contribution in [0.25, 0.3) is 0 Å². The van der Waals surface area contributed by atoms with Crippen LogP contribution in [-0.2, 0) is 21.2 Å². The largest absolute Gasteiger partial charge is 0.341 e. The summed E-state index contributed by atoms with van der Waals surface area (Å²) in [6, 6.07) is 24.9. The van der Waals surface area contributed by atoms with Gasteiger partial charge < -0.3 is 4.90 Å². The van der Waals surface area contributed by atoms with Gasteiger partial charge in [0.2, 0.25) is 5.91 Å². The lowest BCUT2D eigenvalue weighted by molar-refractivity contribution is -0.131. The van der Waals surface area contributed by atoms with Gasteiger partial charge in [0.1, 0.15) is 6.04 Å². The molecule has 1 unspecified atom stereocenters. The van der Waals surface area contributed by atoms with E-state index < -0.39 is 16.1 Å². The summed E-state index contributed by atoms with van der Waals surface area (Å²) in [4.78, 5) is 15.7. The third-order valence-electron chi connectivity index (χ3n) is 6.12. The lowest BCUT2D eigenvalue weighted by atomic mass is 10.0. The molecule has 1 aliphatic heterocycles. The molecular formula is C27H30N2O3S. The number of para-hydroxylation sites is 1. The van der Waals surface area contributed by atoms with E-state index in [-0.39, 0.29) is 10.8 Å². The second kappa shape index (κ2) is 10.2. The van der Waals surface area contributed by atoms with Gasteiger partial charge in [-0.25, -0.2) is 8.42 Å². The molecule has 0 radical (unpaired) electrons. The average Bonchev–Trinajstić information content (AvgIpc) is 3.38. The molecule has 33 heavy (non-hydrogen) atoms. The molecule has 5 nitrogen and oxygen atoms in total. The summed E-state index contributed by atoms with van der Waals surface area (Å²) in [5.74, 6) is -0.122. The Labute approximate surface area is 196 Å². The summed E-state index contributed by atoms with van der Waals surface area (Å²) in [5.41, 5.74) is 2.56. The lowest BCUT2D eigenvalue weighted by Gasteiger charge is -2.34. The van der Waals surface area contributed by atoms with Gasteiger partial charge in [0, 0.05) is 13.1 Å². The highest BCUT2D eigenvalue weighted by molar-refractivity contribution is 7.93. The molecule has 0 bridgehead atoms. The summed E-state index contributed by atoms with van der Waals surface area (Å²) in [7, 11) is -3.96. The number of nitrogens with zero attached hydrogens (tertiary/aromatic N) is 2. The summed E-state index contributed by atoms with van der Waals surface area (Å²) in [5, 5.41) is 0. The molecule has 4 rings (SSSR count). The smallest absolute Gasteiger partial charge is 0.265 e. The number of aryl methyl sites for hydroxylation is 2. The van der Waals surface area contributed by atoms with E-state index in [1.807, 2.05) is 60.4 Å². The molecule has 1 fully saturated rings. The second-order valence-electron chi connectivity index (χ2n) is 8.52. The Morgan fingerprint density at radius 3 is 2.06 bits per heavy atom. The van der Waals surface area contributed by atoms with Crippen LogP contribution in [-0.4, -0.2) is 38.4 Å². The highest BCUT2D eigenvalue weighted by atomic mass is 32.2. The van der Waals surface area contributed by atoms with Crippen LogP contribution in [0.1, 0.15) is 30.4 Å². The van der Waals surface area contributed by atoms with E-state index in [4.69, 9.17) is 0 Å². The van der Waals surface area contributed by atoms with E-state index in [1.54, 1.807) is 36.4 Å². The maximum Gasteiger partial charge on any atom is 0.265 e. The minimum absolute atomic E-state index is 0.122. The number of amides is 1. The van der Waals surface area contributed by atoms with Crippen molar-refractivity contribution in [3.05, 3.63) is 96.1 Å². The fourth-order valence-corrected chi connectivity index (χ4v) is 5.96. The number of anilines is 1. The van der Waals surface area contributed by atoms with Crippen LogP contribution >= 0.6 is 0 Å². The zero-order valence-corrected chi connectivity index (χ0v) is 19.7. The first-order valence-corrected chi connectivity index (χ1v) is 12.9. The van der Waals surface area contributed by atoms with Gasteiger partial charge in [-0.05, 0) is 62.4 Å². The van der Waals surface area contributed by atoms with Gasteiger partial charge in [0.05, 0.1) is 10.6 Å². The van der Waals surface area contributed by atoms with Crippen LogP contribution < -0.4 is 4.31 Å². The zero-order chi connectivity index (χ0) is 23.3. The quantitative estimate of drug-likeness (QED) is 0.483. The van der Waals surface area contributed by atoms with Gasteiger partial charge in [-0.2, -0.15) is 0 Å². The Hall–Kier alpha value is -3.12. The van der Waals surface area contributed by atoms with E-state index in [0.29, 0.717) is 31.6 Å².